The number of phosphoric ester groups is 3. The summed E-state index contributed by atoms with van der Waals surface area (Å²) in [6.07, 6.45) is 7.62. The Morgan fingerprint density at radius 2 is 0.875 bits per heavy atom. The summed E-state index contributed by atoms with van der Waals surface area (Å²) in [6.45, 7) is 3.29. The molecular weight excluding hydrogens is 905 g/mol. The number of hydrogen-bond acceptors (Lipinski definition) is 15. The molecular formula is C41H79O20P3. The fourth-order valence-corrected chi connectivity index (χ4v) is 9.49. The first-order chi connectivity index (χ1) is 30.2. The lowest BCUT2D eigenvalue weighted by Gasteiger charge is -2.44. The van der Waals surface area contributed by atoms with E-state index in [2.05, 4.69) is 16.0 Å². The Morgan fingerprint density at radius 1 is 0.484 bits per heavy atom. The highest BCUT2D eigenvalue weighted by atomic mass is 31.2. The summed E-state index contributed by atoms with van der Waals surface area (Å²) in [5.41, 5.74) is 0. The number of phosphoric acid groups is 3. The molecule has 8 N–H and O–H groups in total. The van der Waals surface area contributed by atoms with Gasteiger partial charge in [-0.2, -0.15) is 0 Å². The minimum absolute atomic E-state index is 0.0278. The van der Waals surface area contributed by atoms with E-state index < -0.39 is 91.2 Å². The van der Waals surface area contributed by atoms with Crippen LogP contribution in [0.25, 0.3) is 0 Å². The Kier molecular flexibility index (Phi) is 32.5. The summed E-state index contributed by atoms with van der Waals surface area (Å²) in [4.78, 5) is 85.0. The molecule has 378 valence electrons. The molecule has 0 aromatic rings. The second-order valence-corrected chi connectivity index (χ2v) is 20.5. The Hall–Kier alpha value is -1.18. The maximum Gasteiger partial charge on any atom is 0.472 e. The molecule has 1 rings (SSSR count). The molecule has 0 aliphatic heterocycles. The van der Waals surface area contributed by atoms with E-state index in [0.29, 0.717) is 31.5 Å². The number of carbonyl (C=O) groups is 3. The number of aliphatic hydroxyl groups excluding tert-OH is 3. The lowest BCUT2D eigenvalue weighted by atomic mass is 9.85. The minimum Gasteiger partial charge on any atom is -0.466 e. The van der Waals surface area contributed by atoms with Crippen LogP contribution in [0.15, 0.2) is 0 Å². The molecule has 0 aromatic carbocycles. The van der Waals surface area contributed by atoms with E-state index in [0.717, 1.165) is 89.9 Å². The monoisotopic (exact) mass is 984 g/mol. The van der Waals surface area contributed by atoms with Crippen LogP contribution in [0.2, 0.25) is 0 Å². The SMILES string of the molecule is CCCCCCCCCCCCCCCC(=O)O[C@@H](COP(=O)(O)OC1C(O)[C@H](OP(=O)(O)O)C(O)[C@H](OP(=O)(O)O)[C@@H]1O)CC(=O)OCCCCCCCCCCCC(=O)CCC. The Balaban J connectivity index is 2.77. The number of esters is 2. The van der Waals surface area contributed by atoms with Crippen LogP contribution in [0.3, 0.4) is 0 Å². The molecule has 0 heterocycles. The smallest absolute Gasteiger partial charge is 0.466 e. The van der Waals surface area contributed by atoms with Crippen molar-refractivity contribution in [2.24, 2.45) is 0 Å². The molecule has 0 bridgehead atoms. The number of hydrogen-bond donors (Lipinski definition) is 8. The van der Waals surface area contributed by atoms with Crippen LogP contribution in [0.1, 0.15) is 187 Å². The lowest BCUT2D eigenvalue weighted by Crippen LogP contribution is -2.65. The third kappa shape index (κ3) is 30.3. The van der Waals surface area contributed by atoms with Gasteiger partial charge in [0.2, 0.25) is 0 Å². The zero-order chi connectivity index (χ0) is 48.0. The summed E-state index contributed by atoms with van der Waals surface area (Å²) in [5, 5.41) is 31.8. The highest BCUT2D eigenvalue weighted by molar-refractivity contribution is 7.47. The average molecular weight is 985 g/mol. The average Bonchev–Trinajstić information content (AvgIpc) is 3.20. The number of ether oxygens (including phenoxy) is 2. The first-order valence-corrected chi connectivity index (χ1v) is 27.8. The fraction of sp³-hybridized carbons (Fsp3) is 0.927. The van der Waals surface area contributed by atoms with Gasteiger partial charge in [-0.15, -0.1) is 0 Å². The highest BCUT2D eigenvalue weighted by Crippen LogP contribution is 2.51. The minimum atomic E-state index is -5.56. The number of unbranched alkanes of at least 4 members (excludes halogenated alkanes) is 20. The van der Waals surface area contributed by atoms with Gasteiger partial charge in [0.05, 0.1) is 19.6 Å². The Bertz CT molecular complexity index is 1390. The van der Waals surface area contributed by atoms with Crippen LogP contribution < -0.4 is 0 Å². The number of carbonyl (C=O) groups excluding carboxylic acids is 3. The van der Waals surface area contributed by atoms with E-state index in [4.69, 9.17) is 18.5 Å². The zero-order valence-electron chi connectivity index (χ0n) is 37.9. The van der Waals surface area contributed by atoms with E-state index in [9.17, 15) is 67.9 Å². The van der Waals surface area contributed by atoms with E-state index >= 15 is 0 Å². The van der Waals surface area contributed by atoms with Crippen LogP contribution in [0.4, 0.5) is 0 Å². The molecule has 0 spiro atoms. The van der Waals surface area contributed by atoms with Crippen molar-refractivity contribution in [3.8, 4) is 0 Å². The van der Waals surface area contributed by atoms with E-state index in [-0.39, 0.29) is 13.0 Å². The maximum absolute atomic E-state index is 13.1. The molecule has 64 heavy (non-hydrogen) atoms. The fourth-order valence-electron chi connectivity index (χ4n) is 7.38. The third-order valence-electron chi connectivity index (χ3n) is 10.8. The molecule has 20 nitrogen and oxygen atoms in total. The third-order valence-corrected chi connectivity index (χ3v) is 12.8. The molecule has 1 aliphatic rings. The van der Waals surface area contributed by atoms with E-state index in [1.807, 2.05) is 6.92 Å². The molecule has 0 aromatic heterocycles. The van der Waals surface area contributed by atoms with Crippen molar-refractivity contribution >= 4 is 41.2 Å². The molecule has 1 aliphatic carbocycles. The van der Waals surface area contributed by atoms with Crippen molar-refractivity contribution in [3.63, 3.8) is 0 Å². The molecule has 1 saturated carbocycles. The van der Waals surface area contributed by atoms with Gasteiger partial charge in [-0.1, -0.05) is 136 Å². The normalized spacial score (nSPS) is 21.9. The zero-order valence-corrected chi connectivity index (χ0v) is 40.5. The van der Waals surface area contributed by atoms with Crippen molar-refractivity contribution in [2.75, 3.05) is 13.2 Å². The molecule has 4 unspecified atom stereocenters. The van der Waals surface area contributed by atoms with Crippen LogP contribution in [-0.4, -0.2) is 113 Å². The van der Waals surface area contributed by atoms with Gasteiger partial charge in [-0.25, -0.2) is 13.7 Å². The summed E-state index contributed by atoms with van der Waals surface area (Å²) < 4.78 is 65.4. The second-order valence-electron chi connectivity index (χ2n) is 16.7. The van der Waals surface area contributed by atoms with E-state index in [1.54, 1.807) is 0 Å². The molecule has 0 amide bonds. The van der Waals surface area contributed by atoms with E-state index in [1.165, 1.54) is 44.9 Å². The molecule has 8 atom stereocenters. The van der Waals surface area contributed by atoms with Gasteiger partial charge in [0.15, 0.2) is 0 Å². The largest absolute Gasteiger partial charge is 0.472 e. The Morgan fingerprint density at radius 3 is 1.30 bits per heavy atom. The van der Waals surface area contributed by atoms with Crippen LogP contribution in [0, 0.1) is 0 Å². The van der Waals surface area contributed by atoms with Crippen molar-refractivity contribution in [2.45, 2.75) is 230 Å². The lowest BCUT2D eigenvalue weighted by molar-refractivity contribution is -0.213. The van der Waals surface area contributed by atoms with Crippen LogP contribution in [-0.2, 0) is 55.6 Å². The van der Waals surface area contributed by atoms with Gasteiger partial charge in [0, 0.05) is 19.3 Å². The molecule has 0 radical (unpaired) electrons. The summed E-state index contributed by atoms with van der Waals surface area (Å²) in [6, 6.07) is 0. The van der Waals surface area contributed by atoms with Crippen LogP contribution in [0.5, 0.6) is 0 Å². The molecule has 0 saturated heterocycles. The summed E-state index contributed by atoms with van der Waals surface area (Å²) in [5.74, 6) is -1.22. The first kappa shape index (κ1) is 60.8. The maximum atomic E-state index is 13.1. The van der Waals surface area contributed by atoms with Crippen molar-refractivity contribution in [1.82, 2.24) is 0 Å². The quantitative estimate of drug-likeness (QED) is 0.0172. The standard InChI is InChI=1S/C41H79O20P3/c1-3-5-6-7-8-9-10-11-12-15-18-21-24-28-34(43)58-33(30-35(44)56-29-25-22-19-16-13-14-17-20-23-27-32(42)26-4-2)31-57-64(54,55)61-41-37(46)39(59-62(48,49)50)36(45)40(38(41)47)60-63(51,52)53/h33,36-41,45-47H,3-31H2,1-2H3,(H,54,55)(H2,48,49,50)(H2,51,52,53)/t33-,36?,37+,38?,39+,40-,41?/m1/s1. The van der Waals surface area contributed by atoms with Gasteiger partial charge in [-0.05, 0) is 25.7 Å². The highest BCUT2D eigenvalue weighted by Gasteiger charge is 2.56. The van der Waals surface area contributed by atoms with Crippen molar-refractivity contribution in [1.29, 1.82) is 0 Å². The first-order valence-electron chi connectivity index (χ1n) is 23.2. The van der Waals surface area contributed by atoms with Gasteiger partial charge in [-0.3, -0.25) is 32.5 Å². The van der Waals surface area contributed by atoms with Crippen molar-refractivity contribution < 1.29 is 95.4 Å². The van der Waals surface area contributed by atoms with Crippen molar-refractivity contribution in [3.05, 3.63) is 0 Å². The van der Waals surface area contributed by atoms with Gasteiger partial charge >= 0.3 is 35.4 Å². The van der Waals surface area contributed by atoms with Gasteiger partial charge in [0.25, 0.3) is 0 Å². The van der Waals surface area contributed by atoms with Gasteiger partial charge in [0.1, 0.15) is 48.5 Å². The molecule has 1 fully saturated rings. The predicted molar refractivity (Wildman–Crippen MR) is 234 cm³/mol. The molecule has 23 heteroatoms. The van der Waals surface area contributed by atoms with Crippen LogP contribution >= 0.6 is 23.5 Å². The number of rotatable bonds is 40. The topological polar surface area (TPSA) is 320 Å². The number of Topliss-reactive ketones (excluding diaryl/α,β-unsaturated/α-hetero) is 1. The number of aliphatic hydroxyl groups is 3. The predicted octanol–water partition coefficient (Wildman–Crippen LogP) is 7.14. The second kappa shape index (κ2) is 34.2. The summed E-state index contributed by atoms with van der Waals surface area (Å²) >= 11 is 0. The van der Waals surface area contributed by atoms with Gasteiger partial charge < -0.3 is 49.3 Å². The summed E-state index contributed by atoms with van der Waals surface area (Å²) in [7, 11) is -16.6. The Labute approximate surface area is 378 Å². The number of ketones is 1.